The number of aryl methyl sites for hydroxylation is 4. The van der Waals surface area contributed by atoms with E-state index < -0.39 is 11.2 Å². The monoisotopic (exact) mass is 1030 g/mol. The van der Waals surface area contributed by atoms with E-state index in [-0.39, 0.29) is 57.9 Å². The molecule has 67 heavy (non-hydrogen) atoms. The van der Waals surface area contributed by atoms with Crippen LogP contribution in [0, 0.1) is 20.8 Å². The Hall–Kier alpha value is -4.76. The fourth-order valence-electron chi connectivity index (χ4n) is 7.95. The Balaban J connectivity index is 0.000000293. The van der Waals surface area contributed by atoms with Gasteiger partial charge in [0.1, 0.15) is 0 Å². The van der Waals surface area contributed by atoms with Crippen LogP contribution in [0.25, 0.3) is 22.4 Å². The number of aromatic hydroxyl groups is 1. The van der Waals surface area contributed by atoms with Gasteiger partial charge in [0.25, 0.3) is 0 Å². The molecule has 12 heteroatoms. The summed E-state index contributed by atoms with van der Waals surface area (Å²) in [6, 6.07) is 31.3. The fourth-order valence-corrected chi connectivity index (χ4v) is 9.07. The van der Waals surface area contributed by atoms with Gasteiger partial charge in [-0.15, -0.1) is 0 Å². The molecule has 6 rings (SSSR count). The second kappa shape index (κ2) is 25.0. The molecule has 0 aliphatic rings. The van der Waals surface area contributed by atoms with Gasteiger partial charge in [0, 0.05) is 34.8 Å². The predicted octanol–water partition coefficient (Wildman–Crippen LogP) is 13.7. The van der Waals surface area contributed by atoms with E-state index in [4.69, 9.17) is 36.8 Å². The minimum Gasteiger partial charge on any atom is -0.396 e. The average molecular weight is 1030 g/mol. The van der Waals surface area contributed by atoms with Gasteiger partial charge in [-0.05, 0) is 63.3 Å². The molecule has 2 heterocycles. The second-order valence-electron chi connectivity index (χ2n) is 17.9. The van der Waals surface area contributed by atoms with Gasteiger partial charge in [0.05, 0.1) is 23.3 Å². The second-order valence-corrected chi connectivity index (χ2v) is 19.4. The summed E-state index contributed by atoms with van der Waals surface area (Å²) in [5, 5.41) is 19.9. The number of carbonyl (C=O) groups is 2. The molecular formula is C55H60Cl2CuFeN4O4. The molecule has 6 aromatic rings. The van der Waals surface area contributed by atoms with Crippen LogP contribution < -0.4 is 4.46 Å². The number of nitrogens with zero attached hydrogens (tertiary/aromatic N) is 4. The number of aliphatic imine (C=N–C) groups is 2. The van der Waals surface area contributed by atoms with Crippen LogP contribution in [-0.4, -0.2) is 50.8 Å². The Morgan fingerprint density at radius 1 is 0.761 bits per heavy atom. The Morgan fingerprint density at radius 2 is 1.34 bits per heavy atom. The Kier molecular flexibility index (Phi) is 20.5. The number of ketones is 2. The van der Waals surface area contributed by atoms with Gasteiger partial charge in [-0.3, -0.25) is 14.8 Å². The first-order valence-corrected chi connectivity index (χ1v) is 24.3. The first-order chi connectivity index (χ1) is 31.4. The Bertz CT molecular complexity index is 2700. The number of hydrogen-bond donors (Lipinski definition) is 2. The standard InChI is InChI=1S/C29H32ClN2O2.C26H28N2O2.ClH.Cu.Fe/c1-17(2)20-14-11-15-21(18(3)4)26(20)31-16-22(33)24-23(19-12-9-8-10-13-19)25(29(5,6)7)28(34)32-27(24)30;1-18-15-19(2)26(20(3)16-18)27-17-25(30)22-12-13-23(21-9-5-4-6-10-21)28-24(22)11-7-8-14-29;;;/h8-12,14-18H,1-7H3,(H,32,34);4-6,9-10,12-13,15-17,29H,7-8,11,14H2,1-3H3;1H;;/q;;;+1;/p-1. The van der Waals surface area contributed by atoms with Crippen LogP contribution in [-0.2, 0) is 42.9 Å². The Labute approximate surface area is 422 Å². The van der Waals surface area contributed by atoms with E-state index in [1.807, 2.05) is 120 Å². The van der Waals surface area contributed by atoms with Crippen LogP contribution in [0.2, 0.25) is 5.15 Å². The van der Waals surface area contributed by atoms with Gasteiger partial charge in [-0.25, -0.2) is 0 Å². The zero-order chi connectivity index (χ0) is 48.3. The third-order valence-electron chi connectivity index (χ3n) is 11.0. The molecule has 8 nitrogen and oxygen atoms in total. The number of hydrogen-bond acceptors (Lipinski definition) is 8. The van der Waals surface area contributed by atoms with Crippen molar-refractivity contribution >= 4 is 61.5 Å². The molecular weight excluding hydrogens is 971 g/mol. The molecule has 357 valence electrons. The number of carbonyl (C=O) groups excluding carboxylic acids is 2. The number of aromatic nitrogens is 2. The van der Waals surface area contributed by atoms with E-state index in [1.165, 1.54) is 18.0 Å². The van der Waals surface area contributed by atoms with Crippen molar-refractivity contribution in [3.8, 4) is 28.3 Å². The maximum absolute atomic E-state index is 13.8. The number of benzene rings is 4. The summed E-state index contributed by atoms with van der Waals surface area (Å²) in [7, 11) is 6.18. The number of rotatable bonds is 15. The van der Waals surface area contributed by atoms with Crippen LogP contribution in [0.3, 0.4) is 0 Å². The number of aliphatic hydroxyl groups is 1. The number of pyridine rings is 2. The summed E-state index contributed by atoms with van der Waals surface area (Å²) in [6.45, 7) is 20.5. The summed E-state index contributed by atoms with van der Waals surface area (Å²) < 4.78 is 0.730. The zero-order valence-electron chi connectivity index (χ0n) is 39.8. The number of Topliss-reactive ketones (excluding diaryl/α,β-unsaturated/α-hetero) is 2. The summed E-state index contributed by atoms with van der Waals surface area (Å²) in [4.78, 5) is 44.9. The molecule has 2 N–H and O–H groups in total. The van der Waals surface area contributed by atoms with Crippen molar-refractivity contribution in [1.29, 1.82) is 0 Å². The predicted molar refractivity (Wildman–Crippen MR) is 270 cm³/mol. The van der Waals surface area contributed by atoms with Gasteiger partial charge in [0.15, 0.2) is 0 Å². The summed E-state index contributed by atoms with van der Waals surface area (Å²) in [5.41, 5.74) is 11.6. The minimum atomic E-state index is -0.541. The van der Waals surface area contributed by atoms with E-state index in [9.17, 15) is 14.7 Å². The smallest absolute Gasteiger partial charge is 0.205 e. The first-order valence-electron chi connectivity index (χ1n) is 22.1. The summed E-state index contributed by atoms with van der Waals surface area (Å²) in [5.74, 6) is -0.286. The van der Waals surface area contributed by atoms with Crippen LogP contribution in [0.15, 0.2) is 107 Å². The fraction of sp³-hybridized carbons (Fsp3) is 0.309. The molecule has 2 aromatic heterocycles. The number of unbranched alkanes of at least 4 members (excludes halogenated alkanes) is 1. The first kappa shape index (κ1) is 54.8. The molecule has 0 unspecified atom stereocenters. The minimum absolute atomic E-state index is 0. The molecule has 0 spiro atoms. The SMILES string of the molecule is CC(C)c1cccc(C(C)C)c1N=CC(=O)c1c(Cl)nc(O)c(C(C)(C)C)c1-c1cccc[c]1[Cu][Cl].Cc1cc(C)c(N=CC(=O)c2ccc(-c3ccccc3)nc2CCCCO)c(C)c1.[Fe]. The molecule has 0 amide bonds. The number of para-hydroxylation sites is 1. The molecule has 0 saturated carbocycles. The van der Waals surface area contributed by atoms with Crippen molar-refractivity contribution in [1.82, 2.24) is 9.97 Å². The van der Waals surface area contributed by atoms with E-state index in [1.54, 1.807) is 0 Å². The molecule has 0 aliphatic heterocycles. The van der Waals surface area contributed by atoms with Crippen molar-refractivity contribution in [2.24, 2.45) is 9.98 Å². The largest absolute Gasteiger partial charge is 0.396 e. The maximum Gasteiger partial charge on any atom is 0.205 e. The molecule has 0 radical (unpaired) electrons. The van der Waals surface area contributed by atoms with Gasteiger partial charge in [-0.1, -0.05) is 48.0 Å². The third kappa shape index (κ3) is 13.9. The van der Waals surface area contributed by atoms with Crippen molar-refractivity contribution in [2.45, 2.75) is 106 Å². The van der Waals surface area contributed by atoms with Crippen LogP contribution >= 0.6 is 21.7 Å². The molecule has 0 saturated heterocycles. The topological polar surface area (TPSA) is 125 Å². The van der Waals surface area contributed by atoms with Crippen molar-refractivity contribution in [3.63, 3.8) is 0 Å². The molecule has 0 bridgehead atoms. The quantitative estimate of drug-likeness (QED) is 0.0347. The number of aliphatic hydroxyl groups excluding tert-OH is 1. The van der Waals surface area contributed by atoms with Gasteiger partial charge in [0.2, 0.25) is 5.78 Å². The number of halogens is 2. The van der Waals surface area contributed by atoms with E-state index in [0.29, 0.717) is 35.1 Å². The van der Waals surface area contributed by atoms with Crippen molar-refractivity contribution in [3.05, 3.63) is 152 Å². The van der Waals surface area contributed by atoms with E-state index in [2.05, 4.69) is 56.7 Å². The van der Waals surface area contributed by atoms with Crippen LogP contribution in [0.4, 0.5) is 11.4 Å². The van der Waals surface area contributed by atoms with E-state index in [0.717, 1.165) is 75.5 Å². The van der Waals surface area contributed by atoms with E-state index >= 15 is 0 Å². The summed E-state index contributed by atoms with van der Waals surface area (Å²) in [6.07, 6.45) is 4.81. The van der Waals surface area contributed by atoms with Gasteiger partial charge in [-0.2, -0.15) is 0 Å². The Morgan fingerprint density at radius 3 is 1.93 bits per heavy atom. The van der Waals surface area contributed by atoms with Crippen LogP contribution in [0.5, 0.6) is 5.88 Å². The van der Waals surface area contributed by atoms with Crippen LogP contribution in [0.1, 0.15) is 133 Å². The van der Waals surface area contributed by atoms with Crippen molar-refractivity contribution < 1.29 is 50.9 Å². The van der Waals surface area contributed by atoms with Gasteiger partial charge < -0.3 is 5.11 Å². The average Bonchev–Trinajstić information content (AvgIpc) is 3.27. The molecule has 0 atom stereocenters. The molecule has 4 aromatic carbocycles. The summed E-state index contributed by atoms with van der Waals surface area (Å²) >= 11 is 7.69. The normalized spacial score (nSPS) is 11.6. The maximum atomic E-state index is 13.8. The molecule has 0 fully saturated rings. The van der Waals surface area contributed by atoms with Gasteiger partial charge >= 0.3 is 230 Å². The zero-order valence-corrected chi connectivity index (χ0v) is 43.3. The van der Waals surface area contributed by atoms with Crippen molar-refractivity contribution in [2.75, 3.05) is 6.61 Å². The third-order valence-corrected chi connectivity index (χ3v) is 12.4. The molecule has 0 aliphatic carbocycles.